The summed E-state index contributed by atoms with van der Waals surface area (Å²) in [5.41, 5.74) is 4.33. The van der Waals surface area contributed by atoms with Gasteiger partial charge in [-0.25, -0.2) is 0 Å². The van der Waals surface area contributed by atoms with E-state index in [0.717, 1.165) is 23.5 Å². The summed E-state index contributed by atoms with van der Waals surface area (Å²) < 4.78 is 7.01. The molecule has 152 valence electrons. The maximum Gasteiger partial charge on any atom is 0.230 e. The van der Waals surface area contributed by atoms with Gasteiger partial charge in [0.2, 0.25) is 5.91 Å². The van der Waals surface area contributed by atoms with Crippen LogP contribution in [0.15, 0.2) is 53.7 Å². The number of carbonyl (C=O) groups is 1. The number of ether oxygens (including phenoxy) is 1. The molecule has 6 nitrogen and oxygen atoms in total. The topological polar surface area (TPSA) is 69.0 Å². The summed E-state index contributed by atoms with van der Waals surface area (Å²) in [6, 6.07) is 16.4. The predicted molar refractivity (Wildman–Crippen MR) is 116 cm³/mol. The normalized spacial score (nSPS) is 10.9. The summed E-state index contributed by atoms with van der Waals surface area (Å²) in [6.07, 6.45) is 0.796. The highest BCUT2D eigenvalue weighted by molar-refractivity contribution is 7.99. The van der Waals surface area contributed by atoms with Crippen LogP contribution in [0.5, 0.6) is 0 Å². The highest BCUT2D eigenvalue weighted by Gasteiger charge is 2.17. The molecule has 0 atom stereocenters. The van der Waals surface area contributed by atoms with Gasteiger partial charge in [0.15, 0.2) is 11.0 Å². The molecular weight excluding hydrogens is 384 g/mol. The van der Waals surface area contributed by atoms with E-state index in [1.807, 2.05) is 28.8 Å². The van der Waals surface area contributed by atoms with Crippen LogP contribution < -0.4 is 5.32 Å². The molecule has 0 saturated heterocycles. The Labute approximate surface area is 175 Å². The molecule has 0 unspecified atom stereocenters. The molecule has 7 heteroatoms. The van der Waals surface area contributed by atoms with E-state index in [-0.39, 0.29) is 11.7 Å². The van der Waals surface area contributed by atoms with Crippen molar-refractivity contribution >= 4 is 17.7 Å². The van der Waals surface area contributed by atoms with Gasteiger partial charge in [0.25, 0.3) is 0 Å². The van der Waals surface area contributed by atoms with Crippen LogP contribution in [-0.2, 0) is 9.53 Å². The van der Waals surface area contributed by atoms with E-state index in [0.29, 0.717) is 18.3 Å². The second kappa shape index (κ2) is 10.2. The van der Waals surface area contributed by atoms with Crippen molar-refractivity contribution < 1.29 is 9.53 Å². The molecule has 0 aliphatic rings. The first kappa shape index (κ1) is 21.1. The third kappa shape index (κ3) is 5.68. The number of carbonyl (C=O) groups excluding carboxylic acids is 1. The van der Waals surface area contributed by atoms with E-state index < -0.39 is 0 Å². The Hall–Kier alpha value is -2.64. The second-order valence-electron chi connectivity index (χ2n) is 6.83. The zero-order valence-electron chi connectivity index (χ0n) is 17.0. The Morgan fingerprint density at radius 2 is 1.69 bits per heavy atom. The van der Waals surface area contributed by atoms with Crippen LogP contribution in [-0.4, -0.2) is 46.7 Å². The van der Waals surface area contributed by atoms with E-state index in [9.17, 15) is 4.79 Å². The van der Waals surface area contributed by atoms with E-state index in [1.165, 1.54) is 22.9 Å². The van der Waals surface area contributed by atoms with Gasteiger partial charge in [0, 0.05) is 31.5 Å². The van der Waals surface area contributed by atoms with Crippen molar-refractivity contribution in [1.82, 2.24) is 20.1 Å². The number of rotatable bonds is 9. The number of thioether (sulfide) groups is 1. The molecule has 0 radical (unpaired) electrons. The lowest BCUT2D eigenvalue weighted by Gasteiger charge is -2.11. The smallest absolute Gasteiger partial charge is 0.230 e. The van der Waals surface area contributed by atoms with Crippen LogP contribution in [0.4, 0.5) is 0 Å². The summed E-state index contributed by atoms with van der Waals surface area (Å²) in [5.74, 6) is 1.02. The monoisotopic (exact) mass is 410 g/mol. The minimum absolute atomic E-state index is 0.0264. The van der Waals surface area contributed by atoms with Crippen molar-refractivity contribution in [3.63, 3.8) is 0 Å². The largest absolute Gasteiger partial charge is 0.385 e. The Morgan fingerprint density at radius 1 is 1.03 bits per heavy atom. The molecule has 29 heavy (non-hydrogen) atoms. The summed E-state index contributed by atoms with van der Waals surface area (Å²) in [5, 5.41) is 12.4. The van der Waals surface area contributed by atoms with Crippen molar-refractivity contribution in [2.24, 2.45) is 0 Å². The zero-order valence-corrected chi connectivity index (χ0v) is 17.8. The molecule has 0 saturated carbocycles. The van der Waals surface area contributed by atoms with Crippen LogP contribution >= 0.6 is 11.8 Å². The van der Waals surface area contributed by atoms with E-state index >= 15 is 0 Å². The summed E-state index contributed by atoms with van der Waals surface area (Å²) in [6.45, 7) is 5.35. The first-order valence-electron chi connectivity index (χ1n) is 9.56. The molecule has 1 heterocycles. The number of nitrogens with one attached hydrogen (secondary N) is 1. The first-order valence-corrected chi connectivity index (χ1v) is 10.5. The van der Waals surface area contributed by atoms with Gasteiger partial charge in [-0.2, -0.15) is 0 Å². The zero-order chi connectivity index (χ0) is 20.6. The minimum atomic E-state index is -0.0264. The number of methoxy groups -OCH3 is 1. The van der Waals surface area contributed by atoms with Crippen LogP contribution in [0.1, 0.15) is 17.5 Å². The number of hydrogen-bond acceptors (Lipinski definition) is 5. The number of aromatic nitrogens is 3. The maximum atomic E-state index is 12.2. The Morgan fingerprint density at radius 3 is 2.34 bits per heavy atom. The first-order chi connectivity index (χ1) is 14.1. The van der Waals surface area contributed by atoms with Crippen LogP contribution in [0, 0.1) is 13.8 Å². The molecule has 3 rings (SSSR count). The summed E-state index contributed by atoms with van der Waals surface area (Å²) in [4.78, 5) is 12.2. The lowest BCUT2D eigenvalue weighted by molar-refractivity contribution is -0.118. The van der Waals surface area contributed by atoms with E-state index in [1.54, 1.807) is 7.11 Å². The van der Waals surface area contributed by atoms with E-state index in [4.69, 9.17) is 4.74 Å². The lowest BCUT2D eigenvalue weighted by Crippen LogP contribution is -2.26. The fourth-order valence-corrected chi connectivity index (χ4v) is 3.59. The fourth-order valence-electron chi connectivity index (χ4n) is 2.81. The van der Waals surface area contributed by atoms with Crippen molar-refractivity contribution in [3.05, 3.63) is 59.7 Å². The van der Waals surface area contributed by atoms with Crippen LogP contribution in [0.25, 0.3) is 17.1 Å². The predicted octanol–water partition coefficient (Wildman–Crippen LogP) is 3.80. The third-order valence-electron chi connectivity index (χ3n) is 4.42. The molecule has 1 N–H and O–H groups in total. The van der Waals surface area contributed by atoms with Gasteiger partial charge in [-0.15, -0.1) is 10.2 Å². The lowest BCUT2D eigenvalue weighted by atomic mass is 10.1. The Kier molecular flexibility index (Phi) is 7.43. The van der Waals surface area contributed by atoms with Gasteiger partial charge in [0.1, 0.15) is 0 Å². The standard InChI is InChI=1S/C22H26N4O2S/c1-16-5-9-18(10-6-16)21-24-25-22(26(21)19-11-7-17(2)8-12-19)29-15-20(27)23-13-4-14-28-3/h5-12H,4,13-15H2,1-3H3,(H,23,27). The average molecular weight is 411 g/mol. The Bertz CT molecular complexity index is 936. The van der Waals surface area contributed by atoms with Crippen molar-refractivity contribution in [2.45, 2.75) is 25.4 Å². The molecule has 0 fully saturated rings. The highest BCUT2D eigenvalue weighted by atomic mass is 32.2. The van der Waals surface area contributed by atoms with Crippen LogP contribution in [0.2, 0.25) is 0 Å². The number of benzene rings is 2. The molecule has 3 aromatic rings. The molecule has 2 aromatic carbocycles. The molecular formula is C22H26N4O2S. The Balaban J connectivity index is 1.82. The summed E-state index contributed by atoms with van der Waals surface area (Å²) >= 11 is 1.38. The van der Waals surface area contributed by atoms with Crippen molar-refractivity contribution in [3.8, 4) is 17.1 Å². The van der Waals surface area contributed by atoms with Crippen LogP contribution in [0.3, 0.4) is 0 Å². The number of nitrogens with zero attached hydrogens (tertiary/aromatic N) is 3. The maximum absolute atomic E-state index is 12.2. The highest BCUT2D eigenvalue weighted by Crippen LogP contribution is 2.28. The second-order valence-corrected chi connectivity index (χ2v) is 7.77. The SMILES string of the molecule is COCCCNC(=O)CSc1nnc(-c2ccc(C)cc2)n1-c1ccc(C)cc1. The van der Waals surface area contributed by atoms with Gasteiger partial charge in [0.05, 0.1) is 5.75 Å². The van der Waals surface area contributed by atoms with E-state index in [2.05, 4.69) is 53.6 Å². The quantitative estimate of drug-likeness (QED) is 0.429. The number of aryl methyl sites for hydroxylation is 2. The van der Waals surface area contributed by atoms with Crippen molar-refractivity contribution in [1.29, 1.82) is 0 Å². The third-order valence-corrected chi connectivity index (χ3v) is 5.34. The fraction of sp³-hybridized carbons (Fsp3) is 0.318. The number of amides is 1. The molecule has 1 aromatic heterocycles. The average Bonchev–Trinajstić information content (AvgIpc) is 3.15. The van der Waals surface area contributed by atoms with Gasteiger partial charge in [-0.05, 0) is 32.4 Å². The molecule has 0 aliphatic carbocycles. The minimum Gasteiger partial charge on any atom is -0.385 e. The van der Waals surface area contributed by atoms with Gasteiger partial charge < -0.3 is 10.1 Å². The van der Waals surface area contributed by atoms with Gasteiger partial charge in [-0.1, -0.05) is 59.3 Å². The molecule has 0 bridgehead atoms. The molecule has 1 amide bonds. The van der Waals surface area contributed by atoms with Gasteiger partial charge in [-0.3, -0.25) is 9.36 Å². The molecule has 0 spiro atoms. The molecule has 0 aliphatic heterocycles. The number of hydrogen-bond donors (Lipinski definition) is 1. The summed E-state index contributed by atoms with van der Waals surface area (Å²) in [7, 11) is 1.65. The van der Waals surface area contributed by atoms with Crippen molar-refractivity contribution in [2.75, 3.05) is 26.0 Å². The van der Waals surface area contributed by atoms with Gasteiger partial charge >= 0.3 is 0 Å².